The van der Waals surface area contributed by atoms with Crippen LogP contribution in [0, 0.1) is 0 Å². The van der Waals surface area contributed by atoms with Crippen molar-refractivity contribution in [1.82, 2.24) is 5.32 Å². The molecule has 2 amide bonds. The third-order valence-corrected chi connectivity index (χ3v) is 4.67. The fourth-order valence-corrected chi connectivity index (χ4v) is 3.26. The van der Waals surface area contributed by atoms with Crippen molar-refractivity contribution in [3.8, 4) is 0 Å². The van der Waals surface area contributed by atoms with Gasteiger partial charge in [0.25, 0.3) is 5.91 Å². The number of hydrogen-bond acceptors (Lipinski definition) is 5. The Morgan fingerprint density at radius 2 is 1.96 bits per heavy atom. The van der Waals surface area contributed by atoms with E-state index in [9.17, 15) is 27.6 Å². The Morgan fingerprint density at radius 1 is 1.25 bits per heavy atom. The first-order valence-electron chi connectivity index (χ1n) is 8.96. The van der Waals surface area contributed by atoms with Crippen LogP contribution in [-0.4, -0.2) is 43.5 Å². The average molecular weight is 399 g/mol. The van der Waals surface area contributed by atoms with Gasteiger partial charge in [0.05, 0.1) is 16.9 Å². The first-order valence-corrected chi connectivity index (χ1v) is 8.96. The summed E-state index contributed by atoms with van der Waals surface area (Å²) in [6.45, 7) is 0.718. The van der Waals surface area contributed by atoms with Crippen molar-refractivity contribution in [3.05, 3.63) is 23.8 Å². The number of hydrogen-bond donors (Lipinski definition) is 2. The molecule has 2 aliphatic heterocycles. The van der Waals surface area contributed by atoms with Gasteiger partial charge in [-0.25, -0.2) is 4.79 Å². The average Bonchev–Trinajstić information content (AvgIpc) is 3.30. The van der Waals surface area contributed by atoms with Gasteiger partial charge in [-0.1, -0.05) is 0 Å². The van der Waals surface area contributed by atoms with E-state index in [0.717, 1.165) is 25.0 Å². The number of halogens is 3. The van der Waals surface area contributed by atoms with Gasteiger partial charge in [0, 0.05) is 19.5 Å². The van der Waals surface area contributed by atoms with Crippen molar-refractivity contribution < 1.29 is 32.3 Å². The summed E-state index contributed by atoms with van der Waals surface area (Å²) >= 11 is 0. The van der Waals surface area contributed by atoms with Gasteiger partial charge < -0.3 is 20.3 Å². The number of carbonyl (C=O) groups is 3. The molecular weight excluding hydrogens is 379 g/mol. The zero-order valence-electron chi connectivity index (χ0n) is 15.0. The molecule has 1 aromatic rings. The smallest absolute Gasteiger partial charge is 0.416 e. The molecule has 0 aliphatic carbocycles. The fraction of sp³-hybridized carbons (Fsp3) is 0.500. The van der Waals surface area contributed by atoms with E-state index >= 15 is 0 Å². The van der Waals surface area contributed by atoms with E-state index in [1.54, 1.807) is 0 Å². The van der Waals surface area contributed by atoms with Crippen molar-refractivity contribution in [1.29, 1.82) is 0 Å². The highest BCUT2D eigenvalue weighted by Gasteiger charge is 2.32. The zero-order valence-corrected chi connectivity index (χ0v) is 15.0. The van der Waals surface area contributed by atoms with Gasteiger partial charge in [-0.05, 0) is 37.5 Å². The summed E-state index contributed by atoms with van der Waals surface area (Å²) < 4.78 is 44.0. The van der Waals surface area contributed by atoms with E-state index in [1.165, 1.54) is 6.07 Å². The predicted molar refractivity (Wildman–Crippen MR) is 93.6 cm³/mol. The summed E-state index contributed by atoms with van der Waals surface area (Å²) in [5, 5.41) is 4.83. The Hall–Kier alpha value is -2.78. The second kappa shape index (κ2) is 8.07. The largest absolute Gasteiger partial charge is 0.454 e. The van der Waals surface area contributed by atoms with Gasteiger partial charge in [0.2, 0.25) is 5.91 Å². The van der Waals surface area contributed by atoms with Gasteiger partial charge in [0.1, 0.15) is 6.04 Å². The molecule has 0 aromatic heterocycles. The maximum Gasteiger partial charge on any atom is 0.416 e. The summed E-state index contributed by atoms with van der Waals surface area (Å²) in [7, 11) is 0. The molecule has 152 valence electrons. The molecule has 0 unspecified atom stereocenters. The standard InChI is InChI=1S/C18H20F3N3O4/c19-18(20,21)11-3-5-14(24-7-1-2-8-24)13(9-11)23-16(26)10-28-17(27)12-4-6-15(25)22-12/h3,5,9,12H,1-2,4,6-8,10H2,(H,22,25)(H,23,26)/t12-/m0/s1. The molecule has 0 bridgehead atoms. The lowest BCUT2D eigenvalue weighted by molar-refractivity contribution is -0.149. The van der Waals surface area contributed by atoms with Gasteiger partial charge in [-0.2, -0.15) is 13.2 Å². The number of carbonyl (C=O) groups excluding carboxylic acids is 3. The lowest BCUT2D eigenvalue weighted by Gasteiger charge is -2.23. The zero-order chi connectivity index (χ0) is 20.3. The van der Waals surface area contributed by atoms with Crippen LogP contribution < -0.4 is 15.5 Å². The molecule has 1 aromatic carbocycles. The van der Waals surface area contributed by atoms with E-state index in [0.29, 0.717) is 18.8 Å². The van der Waals surface area contributed by atoms with Gasteiger partial charge in [-0.15, -0.1) is 0 Å². The highest BCUT2D eigenvalue weighted by atomic mass is 19.4. The van der Waals surface area contributed by atoms with Crippen molar-refractivity contribution in [2.24, 2.45) is 0 Å². The number of amides is 2. The summed E-state index contributed by atoms with van der Waals surface area (Å²) in [6, 6.07) is 2.40. The number of anilines is 2. The van der Waals surface area contributed by atoms with Crippen LogP contribution in [0.1, 0.15) is 31.2 Å². The molecule has 2 fully saturated rings. The first-order chi connectivity index (χ1) is 13.2. The summed E-state index contributed by atoms with van der Waals surface area (Å²) in [6.07, 6.45) is -2.23. The van der Waals surface area contributed by atoms with Crippen LogP contribution in [-0.2, 0) is 25.3 Å². The van der Waals surface area contributed by atoms with Crippen LogP contribution in [0.2, 0.25) is 0 Å². The Morgan fingerprint density at radius 3 is 2.57 bits per heavy atom. The first kappa shape index (κ1) is 20.0. The molecule has 10 heteroatoms. The normalized spacial score (nSPS) is 19.5. The number of benzene rings is 1. The molecule has 2 heterocycles. The molecule has 2 N–H and O–H groups in total. The lowest BCUT2D eigenvalue weighted by Crippen LogP contribution is -2.36. The molecule has 28 heavy (non-hydrogen) atoms. The Balaban J connectivity index is 1.67. The van der Waals surface area contributed by atoms with Crippen LogP contribution in [0.5, 0.6) is 0 Å². The fourth-order valence-electron chi connectivity index (χ4n) is 3.26. The molecule has 0 radical (unpaired) electrons. The molecule has 2 aliphatic rings. The van der Waals surface area contributed by atoms with Gasteiger partial charge in [-0.3, -0.25) is 9.59 Å². The number of esters is 1. The molecule has 3 rings (SSSR count). The Labute approximate surface area is 159 Å². The molecule has 7 nitrogen and oxygen atoms in total. The van der Waals surface area contributed by atoms with E-state index < -0.39 is 36.3 Å². The van der Waals surface area contributed by atoms with Crippen molar-refractivity contribution in [2.75, 3.05) is 29.9 Å². The van der Waals surface area contributed by atoms with E-state index in [1.807, 2.05) is 4.90 Å². The lowest BCUT2D eigenvalue weighted by atomic mass is 10.1. The van der Waals surface area contributed by atoms with Crippen LogP contribution >= 0.6 is 0 Å². The monoisotopic (exact) mass is 399 g/mol. The predicted octanol–water partition coefficient (Wildman–Crippen LogP) is 2.07. The number of alkyl halides is 3. The molecule has 0 saturated carbocycles. The van der Waals surface area contributed by atoms with Crippen molar-refractivity contribution in [3.63, 3.8) is 0 Å². The third kappa shape index (κ3) is 4.73. The second-order valence-electron chi connectivity index (χ2n) is 6.74. The third-order valence-electron chi connectivity index (χ3n) is 4.67. The van der Waals surface area contributed by atoms with E-state index in [-0.39, 0.29) is 24.4 Å². The van der Waals surface area contributed by atoms with E-state index in [4.69, 9.17) is 4.74 Å². The van der Waals surface area contributed by atoms with Crippen LogP contribution in [0.4, 0.5) is 24.5 Å². The topological polar surface area (TPSA) is 87.7 Å². The summed E-state index contributed by atoms with van der Waals surface area (Å²) in [4.78, 5) is 37.0. The highest BCUT2D eigenvalue weighted by molar-refractivity contribution is 5.97. The summed E-state index contributed by atoms with van der Waals surface area (Å²) in [5.74, 6) is -1.77. The SMILES string of the molecule is O=C(COC(=O)[C@@H]1CCC(=O)N1)Nc1cc(C(F)(F)F)ccc1N1CCCC1. The van der Waals surface area contributed by atoms with Crippen LogP contribution in [0.15, 0.2) is 18.2 Å². The van der Waals surface area contributed by atoms with Crippen LogP contribution in [0.3, 0.4) is 0 Å². The molecule has 1 atom stereocenters. The number of nitrogens with zero attached hydrogens (tertiary/aromatic N) is 1. The molecule has 0 spiro atoms. The number of rotatable bonds is 5. The summed E-state index contributed by atoms with van der Waals surface area (Å²) in [5.41, 5.74) is -0.364. The van der Waals surface area contributed by atoms with Crippen molar-refractivity contribution >= 4 is 29.2 Å². The molecule has 2 saturated heterocycles. The van der Waals surface area contributed by atoms with E-state index in [2.05, 4.69) is 10.6 Å². The maximum absolute atomic E-state index is 13.0. The Kier molecular flexibility index (Phi) is 5.76. The minimum Gasteiger partial charge on any atom is -0.454 e. The number of nitrogens with one attached hydrogen (secondary N) is 2. The Bertz CT molecular complexity index is 776. The van der Waals surface area contributed by atoms with Gasteiger partial charge >= 0.3 is 12.1 Å². The second-order valence-corrected chi connectivity index (χ2v) is 6.74. The minimum atomic E-state index is -4.55. The quantitative estimate of drug-likeness (QED) is 0.741. The minimum absolute atomic E-state index is 0.0203. The van der Waals surface area contributed by atoms with Crippen molar-refractivity contribution in [2.45, 2.75) is 37.9 Å². The molecular formula is C18H20F3N3O4. The highest BCUT2D eigenvalue weighted by Crippen LogP contribution is 2.36. The number of ether oxygens (including phenoxy) is 1. The van der Waals surface area contributed by atoms with Gasteiger partial charge in [0.15, 0.2) is 6.61 Å². The maximum atomic E-state index is 13.0. The van der Waals surface area contributed by atoms with Crippen LogP contribution in [0.25, 0.3) is 0 Å².